The van der Waals surface area contributed by atoms with Gasteiger partial charge in [-0.2, -0.15) is 0 Å². The molecule has 0 atom stereocenters. The van der Waals surface area contributed by atoms with Gasteiger partial charge in [-0.15, -0.1) is 16.4 Å². The second-order valence-corrected chi connectivity index (χ2v) is 28.5. The summed E-state index contributed by atoms with van der Waals surface area (Å²) in [6.45, 7) is 57.5. The van der Waals surface area contributed by atoms with Crippen molar-refractivity contribution in [1.82, 2.24) is 24.9 Å². The fraction of sp³-hybridized carbons (Fsp3) is 0.904. The van der Waals surface area contributed by atoms with Crippen LogP contribution < -0.4 is 0 Å². The van der Waals surface area contributed by atoms with Crippen molar-refractivity contribution in [1.29, 1.82) is 0 Å². The van der Waals surface area contributed by atoms with Gasteiger partial charge in [0.25, 0.3) is 0 Å². The molecule has 6 heteroatoms. The van der Waals surface area contributed by atoms with Gasteiger partial charge in [-0.3, -0.25) is 4.90 Å². The summed E-state index contributed by atoms with van der Waals surface area (Å²) in [5.41, 5.74) is 3.91. The molecule has 1 saturated heterocycles. The number of aromatic nitrogens is 4. The summed E-state index contributed by atoms with van der Waals surface area (Å²) in [5.74, 6) is 2.93. The van der Waals surface area contributed by atoms with E-state index in [4.69, 9.17) is 0 Å². The van der Waals surface area contributed by atoms with Crippen LogP contribution in [0, 0.1) is 44.8 Å². The quantitative estimate of drug-likeness (QED) is 0.308. The first-order valence-corrected chi connectivity index (χ1v) is 24.2. The normalized spacial score (nSPS) is 19.7. The molecule has 3 heterocycles. The summed E-state index contributed by atoms with van der Waals surface area (Å²) < 4.78 is 1.92. The Morgan fingerprint density at radius 2 is 1.00 bits per heavy atom. The molecular formula is C52H101N5S. The topological polar surface area (TPSA) is 46.8 Å². The fourth-order valence-electron chi connectivity index (χ4n) is 8.22. The van der Waals surface area contributed by atoms with Crippen molar-refractivity contribution in [2.24, 2.45) is 44.8 Å². The van der Waals surface area contributed by atoms with E-state index in [0.29, 0.717) is 27.2 Å². The predicted molar refractivity (Wildman–Crippen MR) is 259 cm³/mol. The van der Waals surface area contributed by atoms with Crippen LogP contribution in [0.25, 0.3) is 0 Å². The third-order valence-corrected chi connectivity index (χ3v) is 12.8. The highest BCUT2D eigenvalue weighted by molar-refractivity contribution is 7.11. The van der Waals surface area contributed by atoms with E-state index < -0.39 is 0 Å². The molecule has 1 aliphatic heterocycles. The van der Waals surface area contributed by atoms with Crippen LogP contribution in [-0.4, -0.2) is 43.5 Å². The molecule has 0 aromatic carbocycles. The van der Waals surface area contributed by atoms with Crippen molar-refractivity contribution in [2.45, 2.75) is 247 Å². The third kappa shape index (κ3) is 24.2. The van der Waals surface area contributed by atoms with Gasteiger partial charge in [0.2, 0.25) is 0 Å². The van der Waals surface area contributed by atoms with Gasteiger partial charge < -0.3 is 0 Å². The summed E-state index contributed by atoms with van der Waals surface area (Å²) in [4.78, 5) is 8.50. The van der Waals surface area contributed by atoms with E-state index in [1.54, 1.807) is 0 Å². The molecule has 2 fully saturated rings. The molecule has 0 unspecified atom stereocenters. The van der Waals surface area contributed by atoms with E-state index in [9.17, 15) is 0 Å². The van der Waals surface area contributed by atoms with E-state index >= 15 is 0 Å². The van der Waals surface area contributed by atoms with Gasteiger partial charge in [0.05, 0.1) is 16.2 Å². The lowest BCUT2D eigenvalue weighted by Gasteiger charge is -2.42. The van der Waals surface area contributed by atoms with E-state index in [0.717, 1.165) is 36.3 Å². The van der Waals surface area contributed by atoms with Gasteiger partial charge in [0, 0.05) is 29.2 Å². The number of piperidine rings is 1. The number of hydrogen-bond acceptors (Lipinski definition) is 5. The molecule has 0 bridgehead atoms. The minimum atomic E-state index is 0.0309. The van der Waals surface area contributed by atoms with Crippen molar-refractivity contribution >= 4 is 11.3 Å². The fourth-order valence-corrected chi connectivity index (χ4v) is 9.49. The Hall–Kier alpha value is -1.27. The molecule has 5 nitrogen and oxygen atoms in total. The van der Waals surface area contributed by atoms with Crippen LogP contribution in [0.3, 0.4) is 0 Å². The van der Waals surface area contributed by atoms with Crippen molar-refractivity contribution < 1.29 is 0 Å². The number of nitrogens with zero attached hydrogens (tertiary/aromatic N) is 5. The maximum atomic E-state index is 4.49. The van der Waals surface area contributed by atoms with Crippen LogP contribution in [0.5, 0.6) is 0 Å². The molecule has 2 aromatic heterocycles. The molecule has 0 amide bonds. The Balaban J connectivity index is 0.000000387. The number of likely N-dealkylation sites (tertiary alicyclic amines) is 1. The first-order valence-electron chi connectivity index (χ1n) is 23.4. The number of thiazole rings is 1. The van der Waals surface area contributed by atoms with Gasteiger partial charge in [-0.25, -0.2) is 9.67 Å². The largest absolute Gasteiger partial charge is 0.298 e. The lowest BCUT2D eigenvalue weighted by atomic mass is 9.67. The lowest BCUT2D eigenvalue weighted by Crippen LogP contribution is -2.46. The van der Waals surface area contributed by atoms with Gasteiger partial charge >= 0.3 is 0 Å². The van der Waals surface area contributed by atoms with Crippen molar-refractivity contribution in [2.75, 3.05) is 13.1 Å². The lowest BCUT2D eigenvalue weighted by molar-refractivity contribution is 0.0757. The molecular weight excluding hydrogens is 727 g/mol. The first kappa shape index (κ1) is 54.7. The van der Waals surface area contributed by atoms with Gasteiger partial charge in [-0.1, -0.05) is 143 Å². The second-order valence-electron chi connectivity index (χ2n) is 27.4. The molecule has 340 valence electrons. The number of rotatable bonds is 4. The van der Waals surface area contributed by atoms with Gasteiger partial charge in [-0.05, 0) is 150 Å². The predicted octanol–water partition coefficient (Wildman–Crippen LogP) is 15.9. The molecule has 2 aromatic rings. The Morgan fingerprint density at radius 3 is 1.33 bits per heavy atom. The molecule has 1 aliphatic carbocycles. The van der Waals surface area contributed by atoms with Crippen molar-refractivity contribution in [3.63, 3.8) is 0 Å². The summed E-state index contributed by atoms with van der Waals surface area (Å²) >= 11 is 1.86. The zero-order chi connectivity index (χ0) is 45.3. The van der Waals surface area contributed by atoms with Crippen molar-refractivity contribution in [3.8, 4) is 0 Å². The molecule has 0 radical (unpaired) electrons. The van der Waals surface area contributed by atoms with Crippen LogP contribution in [0.2, 0.25) is 0 Å². The zero-order valence-electron chi connectivity index (χ0n) is 43.5. The molecule has 4 rings (SSSR count). The standard InChI is InChI=1S/C15H30.C14H29N.C12H21NS.C11H21N3/c1-14(2,3)11-12-7-9-13(10-8-12)15(4,5)6;1-13(2,3)11-12-7-9-15(10-8-12)14(4,5)6;1-11(2,3)7-10-13-8-9(14-10)12(4,5)6;1-10(2,3)7-9-8-14(13-12-9)11(4,5)6/h12-13H,7-11H2,1-6H3;12H,7-11H2,1-6H3;2*8H,7H2,1-6H3. The van der Waals surface area contributed by atoms with Gasteiger partial charge in [0.1, 0.15) is 0 Å². The Labute approximate surface area is 367 Å². The van der Waals surface area contributed by atoms with E-state index in [2.05, 4.69) is 186 Å². The Morgan fingerprint density at radius 1 is 0.552 bits per heavy atom. The van der Waals surface area contributed by atoms with Crippen LogP contribution in [0.1, 0.15) is 233 Å². The highest BCUT2D eigenvalue weighted by Crippen LogP contribution is 2.43. The SMILES string of the molecule is CC(C)(C)CC1CCC(C(C)(C)C)CC1.CC(C)(C)CC1CCN(C(C)(C)C)CC1.CC(C)(C)Cc1cn(C(C)(C)C)nn1.CC(C)(C)Cc1ncc(C(C)(C)C)s1. The Kier molecular flexibility index (Phi) is 20.0. The molecule has 2 aliphatic rings. The smallest absolute Gasteiger partial charge is 0.0933 e. The summed E-state index contributed by atoms with van der Waals surface area (Å²) in [7, 11) is 0. The van der Waals surface area contributed by atoms with Crippen LogP contribution in [-0.2, 0) is 23.8 Å². The zero-order valence-corrected chi connectivity index (χ0v) is 44.3. The molecule has 58 heavy (non-hydrogen) atoms. The first-order chi connectivity index (χ1) is 25.7. The minimum Gasteiger partial charge on any atom is -0.298 e. The summed E-state index contributed by atoms with van der Waals surface area (Å²) in [6, 6.07) is 0. The van der Waals surface area contributed by atoms with Crippen LogP contribution >= 0.6 is 11.3 Å². The number of hydrogen-bond donors (Lipinski definition) is 0. The minimum absolute atomic E-state index is 0.0309. The molecule has 0 spiro atoms. The van der Waals surface area contributed by atoms with E-state index in [1.165, 1.54) is 74.3 Å². The highest BCUT2D eigenvalue weighted by atomic mass is 32.1. The summed E-state index contributed by atoms with van der Waals surface area (Å²) in [5, 5.41) is 9.59. The molecule has 1 saturated carbocycles. The average Bonchev–Trinajstić information content (AvgIpc) is 3.64. The van der Waals surface area contributed by atoms with Crippen LogP contribution in [0.4, 0.5) is 0 Å². The van der Waals surface area contributed by atoms with E-state index in [1.807, 2.05) is 28.4 Å². The Bertz CT molecular complexity index is 1300. The maximum Gasteiger partial charge on any atom is 0.0933 e. The average molecular weight is 828 g/mol. The molecule has 0 N–H and O–H groups in total. The van der Waals surface area contributed by atoms with Crippen molar-refractivity contribution in [3.05, 3.63) is 28.0 Å². The second kappa shape index (κ2) is 21.2. The van der Waals surface area contributed by atoms with E-state index in [-0.39, 0.29) is 16.4 Å². The summed E-state index contributed by atoms with van der Waals surface area (Å²) in [6.07, 6.45) is 17.6. The highest BCUT2D eigenvalue weighted by Gasteiger charge is 2.32. The maximum absolute atomic E-state index is 4.49. The third-order valence-electron chi connectivity index (χ3n) is 11.4. The monoisotopic (exact) mass is 828 g/mol. The van der Waals surface area contributed by atoms with Gasteiger partial charge in [0.15, 0.2) is 0 Å². The van der Waals surface area contributed by atoms with Crippen LogP contribution in [0.15, 0.2) is 12.4 Å².